The van der Waals surface area contributed by atoms with Gasteiger partial charge in [0.15, 0.2) is 0 Å². The lowest BCUT2D eigenvalue weighted by atomic mass is 9.85. The first-order valence-corrected chi connectivity index (χ1v) is 11.0. The predicted octanol–water partition coefficient (Wildman–Crippen LogP) is 2.27. The Morgan fingerprint density at radius 3 is 2.59 bits per heavy atom. The summed E-state index contributed by atoms with van der Waals surface area (Å²) >= 11 is 5.77. The van der Waals surface area contributed by atoms with Gasteiger partial charge in [-0.3, -0.25) is 4.79 Å². The van der Waals surface area contributed by atoms with E-state index in [1.807, 2.05) is 4.90 Å². The molecule has 0 atom stereocenters. The number of carbonyl (C=O) groups excluding carboxylic acids is 1. The van der Waals surface area contributed by atoms with Crippen LogP contribution in [0.15, 0.2) is 23.1 Å². The van der Waals surface area contributed by atoms with Crippen molar-refractivity contribution in [1.29, 1.82) is 0 Å². The number of rotatable bonds is 4. The lowest BCUT2D eigenvalue weighted by molar-refractivity contribution is -0.150. The summed E-state index contributed by atoms with van der Waals surface area (Å²) in [6.07, 6.45) is 3.46. The van der Waals surface area contributed by atoms with E-state index in [0.29, 0.717) is 38.5 Å². The van der Waals surface area contributed by atoms with Crippen LogP contribution in [-0.4, -0.2) is 61.9 Å². The van der Waals surface area contributed by atoms with Crippen molar-refractivity contribution in [1.82, 2.24) is 9.21 Å². The zero-order valence-corrected chi connectivity index (χ0v) is 16.4. The summed E-state index contributed by atoms with van der Waals surface area (Å²) in [6.45, 7) is 1.73. The fourth-order valence-electron chi connectivity index (χ4n) is 3.96. The van der Waals surface area contributed by atoms with Crippen molar-refractivity contribution in [2.75, 3.05) is 32.8 Å². The number of ether oxygens (including phenoxy) is 1. The average molecular weight is 417 g/mol. The van der Waals surface area contributed by atoms with E-state index in [9.17, 15) is 17.6 Å². The quantitative estimate of drug-likeness (QED) is 0.755. The Kier molecular flexibility index (Phi) is 4.95. The Morgan fingerprint density at radius 1 is 1.26 bits per heavy atom. The maximum Gasteiger partial charge on any atom is 0.243 e. The Bertz CT molecular complexity index is 853. The van der Waals surface area contributed by atoms with Crippen molar-refractivity contribution < 1.29 is 22.3 Å². The number of benzene rings is 1. The van der Waals surface area contributed by atoms with Crippen LogP contribution in [0, 0.1) is 11.7 Å². The highest BCUT2D eigenvalue weighted by Gasteiger charge is 2.50. The summed E-state index contributed by atoms with van der Waals surface area (Å²) in [5, 5.41) is -0.254. The van der Waals surface area contributed by atoms with Crippen molar-refractivity contribution in [2.45, 2.75) is 36.1 Å². The molecule has 2 saturated heterocycles. The van der Waals surface area contributed by atoms with Crippen molar-refractivity contribution >= 4 is 27.5 Å². The molecule has 0 unspecified atom stereocenters. The normalized spacial score (nSPS) is 23.8. The Hall–Kier alpha value is -1.22. The third-order valence-electron chi connectivity index (χ3n) is 5.75. The summed E-state index contributed by atoms with van der Waals surface area (Å²) in [7, 11) is -3.95. The van der Waals surface area contributed by atoms with Crippen molar-refractivity contribution in [3.8, 4) is 0 Å². The van der Waals surface area contributed by atoms with Gasteiger partial charge in [-0.2, -0.15) is 4.31 Å². The second-order valence-corrected chi connectivity index (χ2v) is 9.98. The highest BCUT2D eigenvalue weighted by molar-refractivity contribution is 7.89. The van der Waals surface area contributed by atoms with Crippen LogP contribution >= 0.6 is 11.6 Å². The van der Waals surface area contributed by atoms with E-state index in [-0.39, 0.29) is 28.9 Å². The molecule has 0 bridgehead atoms. The Labute approximate surface area is 163 Å². The van der Waals surface area contributed by atoms with Gasteiger partial charge in [-0.05, 0) is 49.8 Å². The SMILES string of the molecule is O=C1CN(S(=O)(=O)c2ccc(F)c(Cl)c2)CC2(CCOCC2)N1CC1CC1. The molecule has 1 aromatic rings. The first-order valence-electron chi connectivity index (χ1n) is 9.15. The maximum atomic E-state index is 13.4. The smallest absolute Gasteiger partial charge is 0.243 e. The molecule has 0 N–H and O–H groups in total. The van der Waals surface area contributed by atoms with E-state index >= 15 is 0 Å². The Balaban J connectivity index is 1.65. The second-order valence-electron chi connectivity index (χ2n) is 7.63. The van der Waals surface area contributed by atoms with E-state index in [1.54, 1.807) is 0 Å². The molecule has 0 radical (unpaired) electrons. The van der Waals surface area contributed by atoms with Crippen LogP contribution in [0.4, 0.5) is 4.39 Å². The first kappa shape index (κ1) is 19.1. The molecule has 1 aromatic carbocycles. The van der Waals surface area contributed by atoms with Gasteiger partial charge in [0.1, 0.15) is 5.82 Å². The molecule has 1 saturated carbocycles. The van der Waals surface area contributed by atoms with Crippen molar-refractivity contribution in [3.05, 3.63) is 29.0 Å². The molecule has 2 heterocycles. The lowest BCUT2D eigenvalue weighted by Gasteiger charge is -2.52. The van der Waals surface area contributed by atoms with Crippen LogP contribution < -0.4 is 0 Å². The third-order valence-corrected chi connectivity index (χ3v) is 7.82. The van der Waals surface area contributed by atoms with E-state index in [1.165, 1.54) is 10.4 Å². The molecule has 0 aromatic heterocycles. The average Bonchev–Trinajstić information content (AvgIpc) is 3.45. The second kappa shape index (κ2) is 6.99. The molecule has 3 aliphatic rings. The standard InChI is InChI=1S/C18H22ClFN2O4S/c19-15-9-14(3-4-16(15)20)27(24,25)21-11-17(23)22(10-13-1-2-13)18(12-21)5-7-26-8-6-18/h3-4,9,13H,1-2,5-8,10-12H2. The van der Waals surface area contributed by atoms with Crippen LogP contribution in [0.3, 0.4) is 0 Å². The summed E-state index contributed by atoms with van der Waals surface area (Å²) < 4.78 is 46.3. The molecule has 1 aliphatic carbocycles. The molecule has 3 fully saturated rings. The number of nitrogens with zero attached hydrogens (tertiary/aromatic N) is 2. The summed E-state index contributed by atoms with van der Waals surface area (Å²) in [5.74, 6) is -0.332. The van der Waals surface area contributed by atoms with E-state index in [0.717, 1.165) is 25.0 Å². The zero-order chi connectivity index (χ0) is 19.2. The maximum absolute atomic E-state index is 13.4. The van der Waals surface area contributed by atoms with Gasteiger partial charge in [0.05, 0.1) is 22.0 Å². The van der Waals surface area contributed by atoms with Gasteiger partial charge in [0.25, 0.3) is 0 Å². The minimum absolute atomic E-state index is 0.0976. The number of hydrogen-bond donors (Lipinski definition) is 0. The summed E-state index contributed by atoms with van der Waals surface area (Å²) in [4.78, 5) is 14.7. The molecule has 1 amide bonds. The monoisotopic (exact) mass is 416 g/mol. The molecular weight excluding hydrogens is 395 g/mol. The van der Waals surface area contributed by atoms with E-state index in [4.69, 9.17) is 16.3 Å². The fraction of sp³-hybridized carbons (Fsp3) is 0.611. The number of halogens is 2. The molecule has 6 nitrogen and oxygen atoms in total. The largest absolute Gasteiger partial charge is 0.381 e. The molecular formula is C18H22ClFN2O4S. The predicted molar refractivity (Wildman–Crippen MR) is 97.4 cm³/mol. The highest BCUT2D eigenvalue weighted by Crippen LogP contribution is 2.39. The van der Waals surface area contributed by atoms with E-state index in [2.05, 4.69) is 0 Å². The number of sulfonamides is 1. The van der Waals surface area contributed by atoms with Gasteiger partial charge in [-0.15, -0.1) is 0 Å². The van der Waals surface area contributed by atoms with Gasteiger partial charge in [-0.1, -0.05) is 11.6 Å². The zero-order valence-electron chi connectivity index (χ0n) is 14.9. The van der Waals surface area contributed by atoms with Crippen molar-refractivity contribution in [3.63, 3.8) is 0 Å². The molecule has 2 aliphatic heterocycles. The first-order chi connectivity index (χ1) is 12.8. The van der Waals surface area contributed by atoms with Gasteiger partial charge >= 0.3 is 0 Å². The van der Waals surface area contributed by atoms with Gasteiger partial charge in [0, 0.05) is 26.3 Å². The summed E-state index contributed by atoms with van der Waals surface area (Å²) in [5.41, 5.74) is -0.535. The van der Waals surface area contributed by atoms with Crippen LogP contribution in [0.1, 0.15) is 25.7 Å². The van der Waals surface area contributed by atoms with E-state index < -0.39 is 21.4 Å². The highest BCUT2D eigenvalue weighted by atomic mass is 35.5. The molecule has 9 heteroatoms. The Morgan fingerprint density at radius 2 is 1.96 bits per heavy atom. The van der Waals surface area contributed by atoms with Gasteiger partial charge in [-0.25, -0.2) is 12.8 Å². The lowest BCUT2D eigenvalue weighted by Crippen LogP contribution is -2.67. The number of amides is 1. The molecule has 1 spiro atoms. The van der Waals surface area contributed by atoms with Gasteiger partial charge in [0.2, 0.25) is 15.9 Å². The van der Waals surface area contributed by atoms with Crippen LogP contribution in [-0.2, 0) is 19.6 Å². The molecule has 148 valence electrons. The van der Waals surface area contributed by atoms with Crippen LogP contribution in [0.25, 0.3) is 0 Å². The summed E-state index contributed by atoms with van der Waals surface area (Å²) in [6, 6.07) is 3.32. The van der Waals surface area contributed by atoms with Gasteiger partial charge < -0.3 is 9.64 Å². The minimum Gasteiger partial charge on any atom is -0.381 e. The number of piperazine rings is 1. The van der Waals surface area contributed by atoms with Crippen LogP contribution in [0.5, 0.6) is 0 Å². The molecule has 27 heavy (non-hydrogen) atoms. The topological polar surface area (TPSA) is 66.9 Å². The third kappa shape index (κ3) is 3.60. The van der Waals surface area contributed by atoms with Crippen molar-refractivity contribution in [2.24, 2.45) is 5.92 Å². The molecule has 4 rings (SSSR count). The fourth-order valence-corrected chi connectivity index (χ4v) is 5.70. The minimum atomic E-state index is -3.95. The number of carbonyl (C=O) groups is 1. The van der Waals surface area contributed by atoms with Crippen LogP contribution in [0.2, 0.25) is 5.02 Å². The number of hydrogen-bond acceptors (Lipinski definition) is 4.